The first kappa shape index (κ1) is 25.6. The fourth-order valence-electron chi connectivity index (χ4n) is 3.92. The van der Waals surface area contributed by atoms with E-state index in [-0.39, 0.29) is 29.7 Å². The quantitative estimate of drug-likeness (QED) is 0.306. The minimum absolute atomic E-state index is 0.126. The van der Waals surface area contributed by atoms with Crippen LogP contribution in [0.25, 0.3) is 0 Å². The standard InChI is InChI=1S/C26H26F4N4O2/c1-15-7-8-19(16(2)11-15)13-34(14-26(28,29)30)33-24(35)21-12-17(3)31-32-25(21)36-22-6-4-5-20(23(22)27)18-9-10-18/h4-8,11-12,18H,9-10,13-14H2,1-3H3,(H,33,35). The molecule has 0 atom stereocenters. The summed E-state index contributed by atoms with van der Waals surface area (Å²) in [6.07, 6.45) is -2.80. The lowest BCUT2D eigenvalue weighted by Crippen LogP contribution is -2.46. The van der Waals surface area contributed by atoms with Crippen molar-refractivity contribution in [3.8, 4) is 11.6 Å². The number of nitrogens with one attached hydrogen (secondary N) is 1. The van der Waals surface area contributed by atoms with E-state index in [1.54, 1.807) is 38.1 Å². The van der Waals surface area contributed by atoms with E-state index >= 15 is 0 Å². The number of nitrogens with zero attached hydrogens (tertiary/aromatic N) is 3. The minimum Gasteiger partial charge on any atom is -0.434 e. The van der Waals surface area contributed by atoms with Crippen molar-refractivity contribution in [1.82, 2.24) is 20.6 Å². The Morgan fingerprint density at radius 1 is 1.11 bits per heavy atom. The molecule has 1 fully saturated rings. The molecular weight excluding hydrogens is 476 g/mol. The number of aromatic nitrogens is 2. The molecule has 1 saturated carbocycles. The van der Waals surface area contributed by atoms with Gasteiger partial charge in [-0.25, -0.2) is 9.40 Å². The van der Waals surface area contributed by atoms with Crippen molar-refractivity contribution < 1.29 is 27.1 Å². The summed E-state index contributed by atoms with van der Waals surface area (Å²) < 4.78 is 60.6. The van der Waals surface area contributed by atoms with Gasteiger partial charge in [-0.1, -0.05) is 35.9 Å². The summed E-state index contributed by atoms with van der Waals surface area (Å²) in [5.41, 5.74) is 5.42. The third-order valence-electron chi connectivity index (χ3n) is 5.83. The maximum absolute atomic E-state index is 15.0. The van der Waals surface area contributed by atoms with Crippen LogP contribution in [0.15, 0.2) is 42.5 Å². The Balaban J connectivity index is 1.60. The molecule has 0 bridgehead atoms. The number of aryl methyl sites for hydroxylation is 3. The van der Waals surface area contributed by atoms with E-state index in [1.807, 2.05) is 13.0 Å². The summed E-state index contributed by atoms with van der Waals surface area (Å²) in [5, 5.41) is 8.53. The van der Waals surface area contributed by atoms with Gasteiger partial charge in [-0.15, -0.1) is 5.10 Å². The van der Waals surface area contributed by atoms with Crippen LogP contribution >= 0.6 is 0 Å². The van der Waals surface area contributed by atoms with Crippen LogP contribution in [-0.4, -0.2) is 33.8 Å². The zero-order chi connectivity index (χ0) is 26.0. The highest BCUT2D eigenvalue weighted by Gasteiger charge is 2.33. The predicted molar refractivity (Wildman–Crippen MR) is 125 cm³/mol. The molecule has 1 amide bonds. The zero-order valence-electron chi connectivity index (χ0n) is 20.1. The molecule has 1 aliphatic rings. The number of carbonyl (C=O) groups excluding carboxylic acids is 1. The minimum atomic E-state index is -4.57. The number of benzene rings is 2. The second-order valence-electron chi connectivity index (χ2n) is 9.08. The molecule has 1 N–H and O–H groups in total. The first-order valence-electron chi connectivity index (χ1n) is 11.5. The molecule has 0 spiro atoms. The number of halogens is 4. The van der Waals surface area contributed by atoms with Crippen LogP contribution in [0.4, 0.5) is 17.6 Å². The Labute approximate surface area is 206 Å². The molecule has 4 rings (SSSR count). The molecule has 36 heavy (non-hydrogen) atoms. The first-order valence-corrected chi connectivity index (χ1v) is 11.5. The molecular formula is C26H26F4N4O2. The fraction of sp³-hybridized carbons (Fsp3) is 0.346. The Hall–Kier alpha value is -3.53. The summed E-state index contributed by atoms with van der Waals surface area (Å²) >= 11 is 0. The summed E-state index contributed by atoms with van der Waals surface area (Å²) in [7, 11) is 0. The smallest absolute Gasteiger partial charge is 0.403 e. The van der Waals surface area contributed by atoms with Crippen molar-refractivity contribution in [2.75, 3.05) is 6.54 Å². The Morgan fingerprint density at radius 3 is 2.53 bits per heavy atom. The number of alkyl halides is 3. The highest BCUT2D eigenvalue weighted by Crippen LogP contribution is 2.43. The lowest BCUT2D eigenvalue weighted by atomic mass is 10.1. The van der Waals surface area contributed by atoms with E-state index in [0.717, 1.165) is 29.0 Å². The zero-order valence-corrected chi connectivity index (χ0v) is 20.1. The largest absolute Gasteiger partial charge is 0.434 e. The van der Waals surface area contributed by atoms with Crippen molar-refractivity contribution in [3.05, 3.63) is 81.8 Å². The molecule has 6 nitrogen and oxygen atoms in total. The lowest BCUT2D eigenvalue weighted by Gasteiger charge is -2.25. The van der Waals surface area contributed by atoms with Gasteiger partial charge in [0.25, 0.3) is 11.8 Å². The molecule has 0 saturated heterocycles. The van der Waals surface area contributed by atoms with Gasteiger partial charge in [0.05, 0.1) is 5.69 Å². The van der Waals surface area contributed by atoms with Crippen molar-refractivity contribution in [1.29, 1.82) is 0 Å². The van der Waals surface area contributed by atoms with E-state index in [0.29, 0.717) is 16.8 Å². The third-order valence-corrected chi connectivity index (χ3v) is 5.83. The molecule has 190 valence electrons. The Kier molecular flexibility index (Phi) is 7.26. The maximum atomic E-state index is 15.0. The van der Waals surface area contributed by atoms with Crippen LogP contribution in [0.5, 0.6) is 11.6 Å². The molecule has 2 aromatic carbocycles. The predicted octanol–water partition coefficient (Wildman–Crippen LogP) is 5.92. The van der Waals surface area contributed by atoms with E-state index in [9.17, 15) is 22.4 Å². The van der Waals surface area contributed by atoms with Crippen molar-refractivity contribution >= 4 is 5.91 Å². The second-order valence-corrected chi connectivity index (χ2v) is 9.08. The molecule has 1 aromatic heterocycles. The molecule has 0 aliphatic heterocycles. The average molecular weight is 503 g/mol. The fourth-order valence-corrected chi connectivity index (χ4v) is 3.92. The van der Waals surface area contributed by atoms with E-state index < -0.39 is 24.4 Å². The summed E-state index contributed by atoms with van der Waals surface area (Å²) in [4.78, 5) is 13.1. The topological polar surface area (TPSA) is 67.4 Å². The number of hydrogen-bond donors (Lipinski definition) is 1. The van der Waals surface area contributed by atoms with Crippen molar-refractivity contribution in [2.24, 2.45) is 0 Å². The molecule has 1 heterocycles. The third kappa shape index (κ3) is 6.37. The van der Waals surface area contributed by atoms with Crippen LogP contribution in [0, 0.1) is 26.6 Å². The van der Waals surface area contributed by atoms with Gasteiger partial charge in [0, 0.05) is 6.54 Å². The van der Waals surface area contributed by atoms with Gasteiger partial charge < -0.3 is 4.74 Å². The Bertz CT molecular complexity index is 1280. The van der Waals surface area contributed by atoms with Gasteiger partial charge in [0.1, 0.15) is 12.1 Å². The van der Waals surface area contributed by atoms with Crippen LogP contribution < -0.4 is 10.2 Å². The van der Waals surface area contributed by atoms with Gasteiger partial charge in [0.15, 0.2) is 11.6 Å². The van der Waals surface area contributed by atoms with Crippen LogP contribution in [-0.2, 0) is 6.54 Å². The summed E-state index contributed by atoms with van der Waals surface area (Å²) in [6.45, 7) is 3.70. The van der Waals surface area contributed by atoms with Crippen molar-refractivity contribution in [2.45, 2.75) is 52.3 Å². The normalized spacial score (nSPS) is 13.7. The van der Waals surface area contributed by atoms with Crippen LogP contribution in [0.1, 0.15) is 57.1 Å². The number of hydrazine groups is 1. The monoisotopic (exact) mass is 502 g/mol. The van der Waals surface area contributed by atoms with Gasteiger partial charge >= 0.3 is 6.18 Å². The molecule has 3 aromatic rings. The van der Waals surface area contributed by atoms with Crippen LogP contribution in [0.3, 0.4) is 0 Å². The van der Waals surface area contributed by atoms with Gasteiger partial charge in [-0.3, -0.25) is 10.2 Å². The SMILES string of the molecule is Cc1ccc(CN(CC(F)(F)F)NC(=O)c2cc(C)nnc2Oc2cccc(C3CC3)c2F)c(C)c1. The highest BCUT2D eigenvalue weighted by atomic mass is 19.4. The first-order chi connectivity index (χ1) is 17.0. The van der Waals surface area contributed by atoms with Gasteiger partial charge in [-0.05, 0) is 68.4 Å². The van der Waals surface area contributed by atoms with Gasteiger partial charge in [0.2, 0.25) is 0 Å². The number of rotatable bonds is 8. The number of hydrogen-bond acceptors (Lipinski definition) is 5. The molecule has 0 radical (unpaired) electrons. The number of amides is 1. The van der Waals surface area contributed by atoms with E-state index in [1.165, 1.54) is 12.1 Å². The van der Waals surface area contributed by atoms with Gasteiger partial charge in [-0.2, -0.15) is 18.3 Å². The summed E-state index contributed by atoms with van der Waals surface area (Å²) in [6, 6.07) is 11.4. The van der Waals surface area contributed by atoms with Crippen LogP contribution in [0.2, 0.25) is 0 Å². The lowest BCUT2D eigenvalue weighted by molar-refractivity contribution is -0.152. The van der Waals surface area contributed by atoms with Crippen molar-refractivity contribution in [3.63, 3.8) is 0 Å². The molecule has 1 aliphatic carbocycles. The molecule has 10 heteroatoms. The van der Waals surface area contributed by atoms with E-state index in [2.05, 4.69) is 15.6 Å². The molecule has 0 unspecified atom stereocenters. The Morgan fingerprint density at radius 2 is 1.86 bits per heavy atom. The maximum Gasteiger partial charge on any atom is 0.403 e. The number of carbonyl (C=O) groups is 1. The highest BCUT2D eigenvalue weighted by molar-refractivity contribution is 5.96. The second kappa shape index (κ2) is 10.2. The average Bonchev–Trinajstić information content (AvgIpc) is 3.62. The van der Waals surface area contributed by atoms with E-state index in [4.69, 9.17) is 4.74 Å². The summed E-state index contributed by atoms with van der Waals surface area (Å²) in [5.74, 6) is -1.74. The number of ether oxygens (including phenoxy) is 1.